The Kier molecular flexibility index (Phi) is 1.66. The van der Waals surface area contributed by atoms with Crippen LogP contribution in [0.4, 0.5) is 0 Å². The van der Waals surface area contributed by atoms with Gasteiger partial charge >= 0.3 is 0 Å². The summed E-state index contributed by atoms with van der Waals surface area (Å²) < 4.78 is 0. The lowest BCUT2D eigenvalue weighted by molar-refractivity contribution is 0.810. The Bertz CT molecular complexity index is 230. The van der Waals surface area contributed by atoms with Gasteiger partial charge in [-0.2, -0.15) is 0 Å². The van der Waals surface area contributed by atoms with Crippen molar-refractivity contribution < 1.29 is 0 Å². The molecule has 0 aromatic heterocycles. The average Bonchev–Trinajstić information content (AvgIpc) is 2.85. The average molecular weight is 147 g/mol. The Morgan fingerprint density at radius 3 is 2.55 bits per heavy atom. The fraction of sp³-hybridized carbons (Fsp3) is 0.400. The van der Waals surface area contributed by atoms with E-state index in [9.17, 15) is 0 Å². The molecule has 0 amide bonds. The van der Waals surface area contributed by atoms with Gasteiger partial charge in [-0.05, 0) is 30.4 Å². The maximum absolute atomic E-state index is 5.56. The Balaban J connectivity index is 2.09. The quantitative estimate of drug-likeness (QED) is 0.677. The second kappa shape index (κ2) is 2.67. The predicted molar refractivity (Wildman–Crippen MR) is 46.3 cm³/mol. The second-order valence-electron chi connectivity index (χ2n) is 3.25. The van der Waals surface area contributed by atoms with E-state index in [0.717, 1.165) is 18.4 Å². The minimum atomic E-state index is 0.761. The summed E-state index contributed by atoms with van der Waals surface area (Å²) in [5, 5.41) is 0. The Morgan fingerprint density at radius 1 is 1.27 bits per heavy atom. The van der Waals surface area contributed by atoms with Gasteiger partial charge in [0, 0.05) is 0 Å². The highest BCUT2D eigenvalue weighted by atomic mass is 14.6. The van der Waals surface area contributed by atoms with E-state index in [1.54, 1.807) is 0 Å². The zero-order valence-corrected chi connectivity index (χ0v) is 6.53. The molecule has 0 aliphatic heterocycles. The smallest absolute Gasteiger partial charge is 0.00428 e. The summed E-state index contributed by atoms with van der Waals surface area (Å²) in [5.74, 6) is 1.53. The molecule has 11 heavy (non-hydrogen) atoms. The zero-order chi connectivity index (χ0) is 7.68. The zero-order valence-electron chi connectivity index (χ0n) is 6.53. The van der Waals surface area contributed by atoms with E-state index in [-0.39, 0.29) is 0 Å². The molecule has 1 heteroatoms. The number of benzene rings is 1. The third-order valence-corrected chi connectivity index (χ3v) is 2.45. The normalized spacial score (nSPS) is 28.5. The molecule has 2 N–H and O–H groups in total. The van der Waals surface area contributed by atoms with Crippen LogP contribution in [0.5, 0.6) is 0 Å². The number of rotatable bonds is 2. The summed E-state index contributed by atoms with van der Waals surface area (Å²) in [6, 6.07) is 10.6. The number of hydrogen-bond donors (Lipinski definition) is 1. The lowest BCUT2D eigenvalue weighted by Gasteiger charge is -1.96. The van der Waals surface area contributed by atoms with Crippen LogP contribution in [0.15, 0.2) is 30.3 Å². The van der Waals surface area contributed by atoms with Crippen LogP contribution in [0, 0.1) is 5.92 Å². The summed E-state index contributed by atoms with van der Waals surface area (Å²) in [6.07, 6.45) is 1.29. The molecular formula is C10H13N. The molecule has 2 atom stereocenters. The molecule has 0 saturated heterocycles. The van der Waals surface area contributed by atoms with Crippen molar-refractivity contribution in [2.75, 3.05) is 6.54 Å². The van der Waals surface area contributed by atoms with Crippen molar-refractivity contribution in [2.24, 2.45) is 11.7 Å². The Morgan fingerprint density at radius 2 is 2.00 bits per heavy atom. The van der Waals surface area contributed by atoms with Crippen molar-refractivity contribution >= 4 is 0 Å². The van der Waals surface area contributed by atoms with Crippen molar-refractivity contribution in [3.05, 3.63) is 35.9 Å². The molecule has 1 aliphatic rings. The fourth-order valence-corrected chi connectivity index (χ4v) is 1.62. The molecule has 1 aromatic carbocycles. The van der Waals surface area contributed by atoms with E-state index in [2.05, 4.69) is 30.3 Å². The first-order chi connectivity index (χ1) is 5.42. The monoisotopic (exact) mass is 147 g/mol. The maximum atomic E-state index is 5.56. The third kappa shape index (κ3) is 1.29. The highest BCUT2D eigenvalue weighted by Gasteiger charge is 2.36. The van der Waals surface area contributed by atoms with Crippen LogP contribution >= 0.6 is 0 Å². The first-order valence-corrected chi connectivity index (χ1v) is 4.17. The van der Waals surface area contributed by atoms with Crippen molar-refractivity contribution in [1.82, 2.24) is 0 Å². The molecule has 2 rings (SSSR count). The van der Waals surface area contributed by atoms with Crippen LogP contribution in [0.3, 0.4) is 0 Å². The van der Waals surface area contributed by atoms with Gasteiger partial charge in [-0.15, -0.1) is 0 Å². The van der Waals surface area contributed by atoms with Crippen molar-refractivity contribution in [3.63, 3.8) is 0 Å². The van der Waals surface area contributed by atoms with Crippen molar-refractivity contribution in [3.8, 4) is 0 Å². The SMILES string of the molecule is NC[C@@H]1C[C@H]1c1ccccc1. The summed E-state index contributed by atoms with van der Waals surface area (Å²) in [5.41, 5.74) is 7.02. The van der Waals surface area contributed by atoms with Crippen LogP contribution in [0.2, 0.25) is 0 Å². The van der Waals surface area contributed by atoms with E-state index in [1.165, 1.54) is 12.0 Å². The van der Waals surface area contributed by atoms with E-state index in [4.69, 9.17) is 5.73 Å². The van der Waals surface area contributed by atoms with Gasteiger partial charge < -0.3 is 5.73 Å². The molecule has 1 saturated carbocycles. The third-order valence-electron chi connectivity index (χ3n) is 2.45. The molecule has 1 aliphatic carbocycles. The minimum absolute atomic E-state index is 0.761. The van der Waals surface area contributed by atoms with Gasteiger partial charge in [0.1, 0.15) is 0 Å². The molecule has 1 aromatic rings. The van der Waals surface area contributed by atoms with Gasteiger partial charge in [0.05, 0.1) is 0 Å². The van der Waals surface area contributed by atoms with Crippen LogP contribution in [0.25, 0.3) is 0 Å². The van der Waals surface area contributed by atoms with Crippen molar-refractivity contribution in [2.45, 2.75) is 12.3 Å². The summed E-state index contributed by atoms with van der Waals surface area (Å²) >= 11 is 0. The highest BCUT2D eigenvalue weighted by Crippen LogP contribution is 2.46. The first kappa shape index (κ1) is 6.86. The molecule has 0 unspecified atom stereocenters. The van der Waals surface area contributed by atoms with Gasteiger partial charge in [-0.3, -0.25) is 0 Å². The van der Waals surface area contributed by atoms with E-state index in [0.29, 0.717) is 0 Å². The largest absolute Gasteiger partial charge is 0.330 e. The van der Waals surface area contributed by atoms with Crippen LogP contribution in [0.1, 0.15) is 17.9 Å². The summed E-state index contributed by atoms with van der Waals surface area (Å²) in [4.78, 5) is 0. The van der Waals surface area contributed by atoms with E-state index in [1.807, 2.05) is 0 Å². The molecule has 0 bridgehead atoms. The fourth-order valence-electron chi connectivity index (χ4n) is 1.62. The number of nitrogens with two attached hydrogens (primary N) is 1. The molecule has 1 nitrogen and oxygen atoms in total. The molecule has 1 fully saturated rings. The summed E-state index contributed by atoms with van der Waals surface area (Å²) in [6.45, 7) is 0.847. The topological polar surface area (TPSA) is 26.0 Å². The number of hydrogen-bond acceptors (Lipinski definition) is 1. The highest BCUT2D eigenvalue weighted by molar-refractivity contribution is 5.25. The predicted octanol–water partition coefficient (Wildman–Crippen LogP) is 1.75. The molecular weight excluding hydrogens is 134 g/mol. The Hall–Kier alpha value is -0.820. The standard InChI is InChI=1S/C10H13N/c11-7-9-6-10(9)8-4-2-1-3-5-8/h1-5,9-10H,6-7,11H2/t9-,10-/m0/s1. The molecule has 58 valence electrons. The minimum Gasteiger partial charge on any atom is -0.330 e. The van der Waals surface area contributed by atoms with E-state index >= 15 is 0 Å². The van der Waals surface area contributed by atoms with E-state index < -0.39 is 0 Å². The lowest BCUT2D eigenvalue weighted by Crippen LogP contribution is -2.01. The van der Waals surface area contributed by atoms with Crippen LogP contribution < -0.4 is 5.73 Å². The van der Waals surface area contributed by atoms with Gasteiger partial charge in [-0.1, -0.05) is 30.3 Å². The molecule has 0 spiro atoms. The first-order valence-electron chi connectivity index (χ1n) is 4.17. The maximum Gasteiger partial charge on any atom is -0.00428 e. The van der Waals surface area contributed by atoms with Gasteiger partial charge in [0.15, 0.2) is 0 Å². The molecule has 0 heterocycles. The second-order valence-corrected chi connectivity index (χ2v) is 3.25. The van der Waals surface area contributed by atoms with Gasteiger partial charge in [0.25, 0.3) is 0 Å². The van der Waals surface area contributed by atoms with Crippen LogP contribution in [-0.4, -0.2) is 6.54 Å². The molecule has 0 radical (unpaired) electrons. The van der Waals surface area contributed by atoms with Crippen LogP contribution in [-0.2, 0) is 0 Å². The summed E-state index contributed by atoms with van der Waals surface area (Å²) in [7, 11) is 0. The Labute approximate surface area is 67.2 Å². The lowest BCUT2D eigenvalue weighted by atomic mass is 10.1. The van der Waals surface area contributed by atoms with Crippen molar-refractivity contribution in [1.29, 1.82) is 0 Å². The van der Waals surface area contributed by atoms with Gasteiger partial charge in [-0.25, -0.2) is 0 Å². The van der Waals surface area contributed by atoms with Gasteiger partial charge in [0.2, 0.25) is 0 Å².